The number of sulfone groups is 1. The Hall–Kier alpha value is -3.66. The van der Waals surface area contributed by atoms with Crippen molar-refractivity contribution in [2.24, 2.45) is 0 Å². The lowest BCUT2D eigenvalue weighted by atomic mass is 10.2. The van der Waals surface area contributed by atoms with Crippen LogP contribution in [-0.2, 0) is 21.2 Å². The van der Waals surface area contributed by atoms with Gasteiger partial charge in [-0.15, -0.1) is 0 Å². The zero-order valence-electron chi connectivity index (χ0n) is 16.2. The zero-order chi connectivity index (χ0) is 21.7. The summed E-state index contributed by atoms with van der Waals surface area (Å²) >= 11 is 0. The summed E-state index contributed by atoms with van der Waals surface area (Å²) < 4.78 is 36.5. The maximum atomic E-state index is 12.7. The van der Waals surface area contributed by atoms with Crippen molar-refractivity contribution in [1.29, 1.82) is 0 Å². The predicted molar refractivity (Wildman–Crippen MR) is 109 cm³/mol. The monoisotopic (exact) mass is 429 g/mol. The van der Waals surface area contributed by atoms with E-state index in [4.69, 9.17) is 9.47 Å². The van der Waals surface area contributed by atoms with Crippen LogP contribution in [0.5, 0.6) is 11.5 Å². The summed E-state index contributed by atoms with van der Waals surface area (Å²) in [6.07, 6.45) is 0. The van der Waals surface area contributed by atoms with E-state index in [1.807, 2.05) is 0 Å². The summed E-state index contributed by atoms with van der Waals surface area (Å²) in [5.74, 6) is 0.326. The Morgan fingerprint density at radius 3 is 2.43 bits per heavy atom. The summed E-state index contributed by atoms with van der Waals surface area (Å²) in [5.41, 5.74) is -0.247. The second-order valence-corrected chi connectivity index (χ2v) is 7.99. The molecule has 0 aliphatic rings. The normalized spacial score (nSPS) is 11.0. The maximum Gasteiger partial charge on any atom is 0.267 e. The number of ether oxygens (including phenoxy) is 2. The first-order valence-electron chi connectivity index (χ1n) is 8.75. The van der Waals surface area contributed by atoms with Crippen LogP contribution < -0.4 is 20.3 Å². The Bertz CT molecular complexity index is 1220. The third-order valence-corrected chi connectivity index (χ3v) is 5.81. The zero-order valence-corrected chi connectivity index (χ0v) is 17.0. The van der Waals surface area contributed by atoms with Gasteiger partial charge in [-0.05, 0) is 30.3 Å². The molecule has 0 aliphatic heterocycles. The molecule has 0 atom stereocenters. The molecule has 156 valence electrons. The first-order valence-corrected chi connectivity index (χ1v) is 10.2. The van der Waals surface area contributed by atoms with Gasteiger partial charge in [-0.3, -0.25) is 9.59 Å². The molecule has 0 saturated carbocycles. The number of hydrogen-bond donors (Lipinski definition) is 1. The Balaban J connectivity index is 1.85. The number of anilines is 1. The van der Waals surface area contributed by atoms with Crippen LogP contribution in [0.1, 0.15) is 0 Å². The highest BCUT2D eigenvalue weighted by Crippen LogP contribution is 2.29. The van der Waals surface area contributed by atoms with E-state index in [0.29, 0.717) is 17.2 Å². The number of amides is 1. The number of nitrogens with one attached hydrogen (secondary N) is 1. The lowest BCUT2D eigenvalue weighted by Gasteiger charge is -2.12. The van der Waals surface area contributed by atoms with Crippen molar-refractivity contribution in [3.63, 3.8) is 0 Å². The van der Waals surface area contributed by atoms with E-state index in [-0.39, 0.29) is 9.92 Å². The van der Waals surface area contributed by atoms with Gasteiger partial charge in [-0.2, -0.15) is 5.10 Å². The van der Waals surface area contributed by atoms with Gasteiger partial charge in [0.15, 0.2) is 5.03 Å². The molecular formula is C20H19N3O6S. The molecule has 0 bridgehead atoms. The van der Waals surface area contributed by atoms with E-state index in [1.165, 1.54) is 26.4 Å². The van der Waals surface area contributed by atoms with Crippen LogP contribution in [0.25, 0.3) is 0 Å². The second-order valence-electron chi connectivity index (χ2n) is 6.10. The minimum Gasteiger partial charge on any atom is -0.497 e. The van der Waals surface area contributed by atoms with Crippen LogP contribution >= 0.6 is 0 Å². The van der Waals surface area contributed by atoms with Crippen molar-refractivity contribution in [1.82, 2.24) is 9.78 Å². The number of aromatic nitrogens is 2. The molecule has 1 aromatic heterocycles. The van der Waals surface area contributed by atoms with Gasteiger partial charge in [0, 0.05) is 12.1 Å². The fourth-order valence-electron chi connectivity index (χ4n) is 2.63. The summed E-state index contributed by atoms with van der Waals surface area (Å²) in [4.78, 5) is 24.6. The molecule has 9 nitrogen and oxygen atoms in total. The molecule has 0 unspecified atom stereocenters. The van der Waals surface area contributed by atoms with E-state index < -0.39 is 27.8 Å². The molecule has 1 amide bonds. The highest BCUT2D eigenvalue weighted by molar-refractivity contribution is 7.91. The summed E-state index contributed by atoms with van der Waals surface area (Å²) in [6, 6.07) is 14.7. The van der Waals surface area contributed by atoms with Gasteiger partial charge in [0.2, 0.25) is 15.7 Å². The van der Waals surface area contributed by atoms with Crippen LogP contribution in [0, 0.1) is 0 Å². The standard InChI is InChI=1S/C20H19N3O6S/c1-28-14-8-9-16(17(12-14)29-2)21-18(24)13-23-20(25)11-10-19(22-23)30(26,27)15-6-4-3-5-7-15/h3-12H,13H2,1-2H3,(H,21,24). The third kappa shape index (κ3) is 4.49. The van der Waals surface area contributed by atoms with Crippen LogP contribution in [0.15, 0.2) is 75.4 Å². The molecular weight excluding hydrogens is 410 g/mol. The van der Waals surface area contributed by atoms with Gasteiger partial charge in [-0.1, -0.05) is 18.2 Å². The number of hydrogen-bond acceptors (Lipinski definition) is 7. The Kier molecular flexibility index (Phi) is 6.17. The number of nitrogens with zero attached hydrogens (tertiary/aromatic N) is 2. The molecule has 0 fully saturated rings. The molecule has 0 aliphatic carbocycles. The summed E-state index contributed by atoms with van der Waals surface area (Å²) in [5, 5.41) is 6.16. The van der Waals surface area contributed by atoms with Crippen molar-refractivity contribution in [3.05, 3.63) is 71.0 Å². The molecule has 1 heterocycles. The number of carbonyl (C=O) groups excluding carboxylic acids is 1. The van der Waals surface area contributed by atoms with Crippen LogP contribution in [-0.4, -0.2) is 38.3 Å². The molecule has 10 heteroatoms. The van der Waals surface area contributed by atoms with Gasteiger partial charge >= 0.3 is 0 Å². The minimum absolute atomic E-state index is 0.0371. The van der Waals surface area contributed by atoms with E-state index in [9.17, 15) is 18.0 Å². The Morgan fingerprint density at radius 2 is 1.77 bits per heavy atom. The van der Waals surface area contributed by atoms with Gasteiger partial charge in [0.25, 0.3) is 5.56 Å². The molecule has 3 aromatic rings. The molecule has 2 aromatic carbocycles. The largest absolute Gasteiger partial charge is 0.497 e. The molecule has 0 saturated heterocycles. The van der Waals surface area contributed by atoms with Crippen LogP contribution in [0.3, 0.4) is 0 Å². The molecule has 1 N–H and O–H groups in total. The average molecular weight is 429 g/mol. The predicted octanol–water partition coefficient (Wildman–Crippen LogP) is 1.73. The molecule has 3 rings (SSSR count). The number of benzene rings is 2. The van der Waals surface area contributed by atoms with Gasteiger partial charge in [0.1, 0.15) is 18.0 Å². The molecule has 0 spiro atoms. The van der Waals surface area contributed by atoms with E-state index in [2.05, 4.69) is 10.4 Å². The molecule has 30 heavy (non-hydrogen) atoms. The second kappa shape index (κ2) is 8.78. The van der Waals surface area contributed by atoms with E-state index in [1.54, 1.807) is 36.4 Å². The smallest absolute Gasteiger partial charge is 0.267 e. The fourth-order valence-corrected chi connectivity index (χ4v) is 3.84. The van der Waals surface area contributed by atoms with Crippen molar-refractivity contribution in [3.8, 4) is 11.5 Å². The van der Waals surface area contributed by atoms with Gasteiger partial charge in [-0.25, -0.2) is 13.1 Å². The van der Waals surface area contributed by atoms with Crippen LogP contribution in [0.4, 0.5) is 5.69 Å². The average Bonchev–Trinajstić information content (AvgIpc) is 2.76. The third-order valence-electron chi connectivity index (χ3n) is 4.15. The van der Waals surface area contributed by atoms with Gasteiger partial charge < -0.3 is 14.8 Å². The summed E-state index contributed by atoms with van der Waals surface area (Å²) in [6.45, 7) is -0.480. The van der Waals surface area contributed by atoms with Crippen molar-refractivity contribution in [2.75, 3.05) is 19.5 Å². The lowest BCUT2D eigenvalue weighted by Crippen LogP contribution is -2.30. The number of carbonyl (C=O) groups is 1. The highest BCUT2D eigenvalue weighted by atomic mass is 32.2. The minimum atomic E-state index is -3.93. The van der Waals surface area contributed by atoms with Gasteiger partial charge in [0.05, 0.1) is 24.8 Å². The SMILES string of the molecule is COc1ccc(NC(=O)Cn2nc(S(=O)(=O)c3ccccc3)ccc2=O)c(OC)c1. The fraction of sp³-hybridized carbons (Fsp3) is 0.150. The van der Waals surface area contributed by atoms with Crippen molar-refractivity contribution in [2.45, 2.75) is 16.5 Å². The molecule has 0 radical (unpaired) electrons. The van der Waals surface area contributed by atoms with Crippen LogP contribution in [0.2, 0.25) is 0 Å². The van der Waals surface area contributed by atoms with Crippen molar-refractivity contribution >= 4 is 21.4 Å². The number of rotatable bonds is 7. The maximum absolute atomic E-state index is 12.7. The Morgan fingerprint density at radius 1 is 1.03 bits per heavy atom. The quantitative estimate of drug-likeness (QED) is 0.608. The lowest BCUT2D eigenvalue weighted by molar-refractivity contribution is -0.117. The summed E-state index contributed by atoms with van der Waals surface area (Å²) in [7, 11) is -0.987. The number of methoxy groups -OCH3 is 2. The Labute approximate surface area is 172 Å². The van der Waals surface area contributed by atoms with E-state index in [0.717, 1.165) is 16.8 Å². The topological polar surface area (TPSA) is 117 Å². The first-order chi connectivity index (χ1) is 14.3. The highest BCUT2D eigenvalue weighted by Gasteiger charge is 2.21. The first kappa shape index (κ1) is 21.1. The van der Waals surface area contributed by atoms with Crippen molar-refractivity contribution < 1.29 is 22.7 Å². The van der Waals surface area contributed by atoms with E-state index >= 15 is 0 Å².